The summed E-state index contributed by atoms with van der Waals surface area (Å²) in [5.74, 6) is 0.108. The number of carbonyl (C=O) groups excluding carboxylic acids is 1. The number of phenols is 1. The maximum atomic E-state index is 12.5. The molecule has 29 heavy (non-hydrogen) atoms. The van der Waals surface area contributed by atoms with E-state index in [1.165, 1.54) is 12.1 Å². The van der Waals surface area contributed by atoms with E-state index in [9.17, 15) is 14.7 Å². The molecule has 0 saturated heterocycles. The Hall–Kier alpha value is -3.86. The lowest BCUT2D eigenvalue weighted by Gasteiger charge is -2.09. The molecule has 4 aromatic rings. The average Bonchev–Trinajstić information content (AvgIpc) is 2.71. The van der Waals surface area contributed by atoms with Crippen molar-refractivity contribution in [2.24, 2.45) is 0 Å². The van der Waals surface area contributed by atoms with Gasteiger partial charge in [-0.25, -0.2) is 0 Å². The second kappa shape index (κ2) is 7.28. The van der Waals surface area contributed by atoms with Gasteiger partial charge in [0.1, 0.15) is 17.1 Å². The number of phenolic OH excluding ortho intramolecular Hbond substituents is 1. The van der Waals surface area contributed by atoms with E-state index in [1.807, 2.05) is 19.9 Å². The lowest BCUT2D eigenvalue weighted by Crippen LogP contribution is -2.12. The molecular weight excluding hydrogens is 366 g/mol. The smallest absolute Gasteiger partial charge is 0.255 e. The van der Waals surface area contributed by atoms with Crippen LogP contribution in [0.2, 0.25) is 0 Å². The van der Waals surface area contributed by atoms with Gasteiger partial charge < -0.3 is 14.8 Å². The van der Waals surface area contributed by atoms with Crippen molar-refractivity contribution < 1.29 is 14.3 Å². The zero-order chi connectivity index (χ0) is 20.5. The molecule has 0 spiro atoms. The average molecular weight is 385 g/mol. The van der Waals surface area contributed by atoms with Gasteiger partial charge in [-0.3, -0.25) is 9.59 Å². The first-order valence-corrected chi connectivity index (χ1v) is 9.16. The Labute approximate surface area is 167 Å². The van der Waals surface area contributed by atoms with Gasteiger partial charge in [0.05, 0.1) is 11.1 Å². The van der Waals surface area contributed by atoms with Crippen molar-refractivity contribution >= 4 is 22.6 Å². The topological polar surface area (TPSA) is 79.5 Å². The molecule has 5 heteroatoms. The van der Waals surface area contributed by atoms with Crippen LogP contribution in [0.25, 0.3) is 22.3 Å². The summed E-state index contributed by atoms with van der Waals surface area (Å²) >= 11 is 0. The maximum Gasteiger partial charge on any atom is 0.255 e. The third kappa shape index (κ3) is 3.75. The van der Waals surface area contributed by atoms with Crippen molar-refractivity contribution in [3.8, 4) is 17.1 Å². The molecule has 0 saturated carbocycles. The lowest BCUT2D eigenvalue weighted by atomic mass is 10.1. The largest absolute Gasteiger partial charge is 0.506 e. The van der Waals surface area contributed by atoms with Crippen LogP contribution in [-0.4, -0.2) is 11.0 Å². The molecule has 1 amide bonds. The SMILES string of the molecule is Cc1ccc(O)c(NC(=O)c2ccc(-c3cc(=O)c4cc(C)ccc4o3)cc2)c1. The normalized spacial score (nSPS) is 10.8. The minimum absolute atomic E-state index is 0.00810. The van der Waals surface area contributed by atoms with Gasteiger partial charge in [-0.05, 0) is 55.8 Å². The van der Waals surface area contributed by atoms with Crippen molar-refractivity contribution in [1.29, 1.82) is 0 Å². The van der Waals surface area contributed by atoms with Crippen molar-refractivity contribution in [2.45, 2.75) is 13.8 Å². The fourth-order valence-corrected chi connectivity index (χ4v) is 3.14. The number of hydrogen-bond acceptors (Lipinski definition) is 4. The first-order valence-electron chi connectivity index (χ1n) is 9.16. The predicted octanol–water partition coefficient (Wildman–Crippen LogP) is 5.03. The number of aromatic hydroxyl groups is 1. The summed E-state index contributed by atoms with van der Waals surface area (Å²) in [6, 6.07) is 18.7. The molecule has 0 bridgehead atoms. The van der Waals surface area contributed by atoms with E-state index < -0.39 is 0 Å². The molecule has 0 fully saturated rings. The molecule has 4 rings (SSSR count). The van der Waals surface area contributed by atoms with E-state index in [-0.39, 0.29) is 17.1 Å². The summed E-state index contributed by atoms with van der Waals surface area (Å²) in [6.45, 7) is 3.80. The zero-order valence-electron chi connectivity index (χ0n) is 16.0. The first kappa shape index (κ1) is 18.5. The van der Waals surface area contributed by atoms with Crippen LogP contribution >= 0.6 is 0 Å². The highest BCUT2D eigenvalue weighted by Gasteiger charge is 2.11. The third-order valence-electron chi connectivity index (χ3n) is 4.71. The van der Waals surface area contributed by atoms with Crippen LogP contribution in [0.5, 0.6) is 5.75 Å². The van der Waals surface area contributed by atoms with Crippen LogP contribution in [0.4, 0.5) is 5.69 Å². The molecule has 1 aromatic heterocycles. The molecule has 2 N–H and O–H groups in total. The number of aryl methyl sites for hydroxylation is 2. The highest BCUT2D eigenvalue weighted by atomic mass is 16.3. The minimum Gasteiger partial charge on any atom is -0.506 e. The summed E-state index contributed by atoms with van der Waals surface area (Å²) in [6.07, 6.45) is 0. The molecule has 144 valence electrons. The van der Waals surface area contributed by atoms with E-state index in [0.29, 0.717) is 33.5 Å². The fourth-order valence-electron chi connectivity index (χ4n) is 3.14. The van der Waals surface area contributed by atoms with Gasteiger partial charge >= 0.3 is 0 Å². The summed E-state index contributed by atoms with van der Waals surface area (Å²) in [5.41, 5.74) is 3.81. The van der Waals surface area contributed by atoms with Gasteiger partial charge in [0.15, 0.2) is 5.43 Å². The molecule has 0 aliphatic rings. The molecule has 3 aromatic carbocycles. The molecular formula is C24H19NO4. The van der Waals surface area contributed by atoms with Gasteiger partial charge in [-0.1, -0.05) is 29.8 Å². The number of rotatable bonds is 3. The first-order chi connectivity index (χ1) is 13.9. The highest BCUT2D eigenvalue weighted by molar-refractivity contribution is 6.05. The number of fused-ring (bicyclic) bond motifs is 1. The second-order valence-corrected chi connectivity index (χ2v) is 7.03. The minimum atomic E-state index is -0.340. The monoisotopic (exact) mass is 385 g/mol. The van der Waals surface area contributed by atoms with Crippen LogP contribution in [0.15, 0.2) is 75.9 Å². The predicted molar refractivity (Wildman–Crippen MR) is 113 cm³/mol. The quantitative estimate of drug-likeness (QED) is 0.485. The van der Waals surface area contributed by atoms with E-state index in [1.54, 1.807) is 48.5 Å². The molecule has 1 heterocycles. The molecule has 0 atom stereocenters. The van der Waals surface area contributed by atoms with Crippen LogP contribution in [0.1, 0.15) is 21.5 Å². The van der Waals surface area contributed by atoms with Gasteiger partial charge in [-0.15, -0.1) is 0 Å². The van der Waals surface area contributed by atoms with Crippen LogP contribution in [0.3, 0.4) is 0 Å². The van der Waals surface area contributed by atoms with Gasteiger partial charge in [0, 0.05) is 17.2 Å². The van der Waals surface area contributed by atoms with Crippen LogP contribution in [-0.2, 0) is 0 Å². The zero-order valence-corrected chi connectivity index (χ0v) is 16.0. The Morgan fingerprint density at radius 3 is 2.34 bits per heavy atom. The second-order valence-electron chi connectivity index (χ2n) is 7.03. The van der Waals surface area contributed by atoms with E-state index in [4.69, 9.17) is 4.42 Å². The molecule has 0 unspecified atom stereocenters. The van der Waals surface area contributed by atoms with E-state index in [2.05, 4.69) is 5.32 Å². The third-order valence-corrected chi connectivity index (χ3v) is 4.71. The molecule has 0 radical (unpaired) electrons. The molecule has 0 aliphatic heterocycles. The van der Waals surface area contributed by atoms with Gasteiger partial charge in [0.25, 0.3) is 5.91 Å². The number of nitrogens with one attached hydrogen (secondary N) is 1. The maximum absolute atomic E-state index is 12.5. The van der Waals surface area contributed by atoms with Crippen molar-refractivity contribution in [3.63, 3.8) is 0 Å². The standard InChI is InChI=1S/C24H19NO4/c1-14-4-10-22-18(11-14)21(27)13-23(29-22)16-5-7-17(8-6-16)24(28)25-19-12-15(2)3-9-20(19)26/h3-13,26H,1-2H3,(H,25,28). The number of hydrogen-bond donors (Lipinski definition) is 2. The Bertz CT molecular complexity index is 1290. The Kier molecular flexibility index (Phi) is 4.64. The Balaban J connectivity index is 1.61. The summed E-state index contributed by atoms with van der Waals surface area (Å²) in [4.78, 5) is 24.9. The van der Waals surface area contributed by atoms with Crippen molar-refractivity contribution in [1.82, 2.24) is 0 Å². The van der Waals surface area contributed by atoms with Crippen LogP contribution in [0, 0.1) is 13.8 Å². The molecule has 0 aliphatic carbocycles. The van der Waals surface area contributed by atoms with Crippen molar-refractivity contribution in [2.75, 3.05) is 5.32 Å². The number of anilines is 1. The van der Waals surface area contributed by atoms with E-state index in [0.717, 1.165) is 11.1 Å². The van der Waals surface area contributed by atoms with Gasteiger partial charge in [0.2, 0.25) is 0 Å². The summed E-state index contributed by atoms with van der Waals surface area (Å²) < 4.78 is 5.87. The molecule has 5 nitrogen and oxygen atoms in total. The number of carbonyl (C=O) groups is 1. The summed E-state index contributed by atoms with van der Waals surface area (Å²) in [7, 11) is 0. The summed E-state index contributed by atoms with van der Waals surface area (Å²) in [5, 5.41) is 13.1. The fraction of sp³-hybridized carbons (Fsp3) is 0.0833. The number of benzene rings is 3. The number of amides is 1. The Morgan fingerprint density at radius 2 is 1.59 bits per heavy atom. The lowest BCUT2D eigenvalue weighted by molar-refractivity contribution is 0.102. The Morgan fingerprint density at radius 1 is 0.897 bits per heavy atom. The highest BCUT2D eigenvalue weighted by Crippen LogP contribution is 2.26. The van der Waals surface area contributed by atoms with E-state index >= 15 is 0 Å². The van der Waals surface area contributed by atoms with Crippen LogP contribution < -0.4 is 10.7 Å². The van der Waals surface area contributed by atoms with Gasteiger partial charge in [-0.2, -0.15) is 0 Å². The van der Waals surface area contributed by atoms with Crippen molar-refractivity contribution in [3.05, 3.63) is 93.6 Å².